The fourth-order valence-electron chi connectivity index (χ4n) is 4.34. The molecule has 0 aliphatic heterocycles. The van der Waals surface area contributed by atoms with Gasteiger partial charge in [0.2, 0.25) is 10.0 Å². The Hall–Kier alpha value is -3.01. The highest BCUT2D eigenvalue weighted by atomic mass is 32.2. The van der Waals surface area contributed by atoms with Crippen molar-refractivity contribution < 1.29 is 22.8 Å². The average molecular weight is 731 g/mol. The molecule has 2 aliphatic rings. The minimum Gasteiger partial charge on any atom is -0.462 e. The van der Waals surface area contributed by atoms with Crippen molar-refractivity contribution in [1.29, 1.82) is 0 Å². The summed E-state index contributed by atoms with van der Waals surface area (Å²) in [5, 5.41) is 6.07. The van der Waals surface area contributed by atoms with E-state index in [1.807, 2.05) is 39.8 Å². The van der Waals surface area contributed by atoms with Crippen LogP contribution in [0.25, 0.3) is 11.1 Å². The molecule has 2 aromatic carbocycles. The molecule has 0 amide bonds. The van der Waals surface area contributed by atoms with Crippen LogP contribution in [0.3, 0.4) is 0 Å². The lowest BCUT2D eigenvalue weighted by molar-refractivity contribution is -0.152. The highest BCUT2D eigenvalue weighted by Gasteiger charge is 2.25. The lowest BCUT2D eigenvalue weighted by atomic mass is 9.84. The van der Waals surface area contributed by atoms with Gasteiger partial charge in [-0.15, -0.1) is 11.3 Å². The Kier molecular flexibility index (Phi) is 20.7. The van der Waals surface area contributed by atoms with E-state index in [4.69, 9.17) is 9.57 Å². The summed E-state index contributed by atoms with van der Waals surface area (Å²) in [5.41, 5.74) is 6.21. The second kappa shape index (κ2) is 22.0. The van der Waals surface area contributed by atoms with Crippen LogP contribution in [-0.4, -0.2) is 38.3 Å². The van der Waals surface area contributed by atoms with Gasteiger partial charge >= 0.3 is 5.97 Å². The van der Waals surface area contributed by atoms with E-state index < -0.39 is 10.0 Å². The first-order valence-corrected chi connectivity index (χ1v) is 19.5. The molecule has 1 N–H and O–H groups in total. The number of hydrogen-bond donors (Lipinski definition) is 1. The smallest absolute Gasteiger partial charge is 0.308 e. The van der Waals surface area contributed by atoms with Crippen LogP contribution in [0.5, 0.6) is 0 Å². The zero-order chi connectivity index (χ0) is 36.1. The van der Waals surface area contributed by atoms with Crippen LogP contribution in [-0.2, 0) is 24.4 Å². The highest BCUT2D eigenvalue weighted by Crippen LogP contribution is 2.36. The molecule has 3 aromatic rings. The zero-order valence-corrected chi connectivity index (χ0v) is 32.5. The van der Waals surface area contributed by atoms with Gasteiger partial charge in [0.1, 0.15) is 22.1 Å². The van der Waals surface area contributed by atoms with Gasteiger partial charge in [0.05, 0.1) is 5.92 Å². The normalized spacial score (nSPS) is 13.4. The minimum absolute atomic E-state index is 0. The van der Waals surface area contributed by atoms with E-state index in [9.17, 15) is 13.2 Å². The number of hydrogen-bond acceptors (Lipinski definition) is 7. The molecule has 1 saturated carbocycles. The van der Waals surface area contributed by atoms with Gasteiger partial charge in [-0.3, -0.25) is 4.79 Å². The molecule has 0 unspecified atom stereocenters. The number of nitrogens with zero attached hydrogens (tertiary/aromatic N) is 1. The first-order chi connectivity index (χ1) is 22.4. The van der Waals surface area contributed by atoms with Crippen LogP contribution in [0.15, 0.2) is 75.4 Å². The molecular weight excluding hydrogens is 665 g/mol. The molecule has 0 spiro atoms. The third kappa shape index (κ3) is 15.5. The molecule has 5 rings (SSSR count). The summed E-state index contributed by atoms with van der Waals surface area (Å²) in [5.74, 6) is 0.778. The van der Waals surface area contributed by atoms with E-state index in [0.717, 1.165) is 35.6 Å². The SMILES string of the molecule is C.C.CC(C)C(=O)OC1CCCC1.CC(C)C(C)(C)C.CC(C)NS(=O)(=O)c1cccs1.CC(C)ON=C1c2ccccc2-c2ccccc21. The predicted octanol–water partition coefficient (Wildman–Crippen LogP) is 11.4. The fraction of sp³-hybridized carbons (Fsp3) is 0.561. The lowest BCUT2D eigenvalue weighted by Crippen LogP contribution is -2.29. The number of carbonyl (C=O) groups excluding carboxylic acids is 1. The lowest BCUT2D eigenvalue weighted by Gasteiger charge is -2.22. The van der Waals surface area contributed by atoms with Gasteiger partial charge in [0, 0.05) is 17.2 Å². The fourth-order valence-corrected chi connectivity index (χ4v) is 6.60. The van der Waals surface area contributed by atoms with Gasteiger partial charge < -0.3 is 9.57 Å². The molecule has 1 fully saturated rings. The third-order valence-corrected chi connectivity index (χ3v) is 11.0. The number of ether oxygens (including phenoxy) is 1. The number of oxime groups is 1. The maximum absolute atomic E-state index is 11.4. The van der Waals surface area contributed by atoms with E-state index in [0.29, 0.717) is 9.62 Å². The topological polar surface area (TPSA) is 94.1 Å². The van der Waals surface area contributed by atoms with E-state index in [-0.39, 0.29) is 45.0 Å². The zero-order valence-electron chi connectivity index (χ0n) is 30.9. The van der Waals surface area contributed by atoms with Crippen LogP contribution in [0.4, 0.5) is 0 Å². The largest absolute Gasteiger partial charge is 0.462 e. The van der Waals surface area contributed by atoms with Crippen molar-refractivity contribution >= 4 is 33.0 Å². The number of carbonyl (C=O) groups is 1. The Morgan fingerprint density at radius 3 is 1.62 bits per heavy atom. The summed E-state index contributed by atoms with van der Waals surface area (Å²) >= 11 is 1.22. The van der Waals surface area contributed by atoms with Crippen LogP contribution < -0.4 is 4.72 Å². The Bertz CT molecular complexity index is 1480. The van der Waals surface area contributed by atoms with E-state index in [1.165, 1.54) is 35.3 Å². The molecule has 0 radical (unpaired) electrons. The summed E-state index contributed by atoms with van der Waals surface area (Å²) in [4.78, 5) is 16.5. The molecule has 0 atom stereocenters. The summed E-state index contributed by atoms with van der Waals surface area (Å²) in [6.45, 7) is 22.6. The molecular formula is C41H66N2O5S2. The number of sulfonamides is 1. The predicted molar refractivity (Wildman–Crippen MR) is 214 cm³/mol. The summed E-state index contributed by atoms with van der Waals surface area (Å²) in [7, 11) is -3.25. The number of esters is 1. The third-order valence-electron chi connectivity index (χ3n) is 7.95. The highest BCUT2D eigenvalue weighted by molar-refractivity contribution is 7.91. The van der Waals surface area contributed by atoms with Crippen molar-refractivity contribution in [2.45, 2.75) is 139 Å². The molecule has 9 heteroatoms. The second-order valence-electron chi connectivity index (χ2n) is 14.4. The monoisotopic (exact) mass is 730 g/mol. The van der Waals surface area contributed by atoms with Crippen LogP contribution >= 0.6 is 11.3 Å². The van der Waals surface area contributed by atoms with Crippen molar-refractivity contribution in [3.05, 3.63) is 77.2 Å². The molecule has 50 heavy (non-hydrogen) atoms. The Balaban J connectivity index is 0.000000668. The standard InChI is InChI=1S/C16H15NO.C9H16O2.C7H11NO2S2.C7H16.2CH4/c1-11(2)18-17-16-14-9-5-3-7-12(14)13-8-4-6-10-15(13)16;1-7(2)9(10)11-8-5-3-4-6-8;1-6(2)8-12(9,10)7-4-3-5-11-7;1-6(2)7(3,4)5;;/h3-11H,1-2H3;7-8H,3-6H2,1-2H3;3-6,8H,1-2H3;6H,1-5H3;2*1H4. The summed E-state index contributed by atoms with van der Waals surface area (Å²) in [6.07, 6.45) is 4.89. The number of benzene rings is 2. The van der Waals surface area contributed by atoms with Gasteiger partial charge in [-0.1, -0.05) is 123 Å². The maximum atomic E-state index is 11.4. The Morgan fingerprint density at radius 2 is 1.26 bits per heavy atom. The van der Waals surface area contributed by atoms with Crippen LogP contribution in [0.2, 0.25) is 0 Å². The molecule has 7 nitrogen and oxygen atoms in total. The molecule has 0 saturated heterocycles. The minimum atomic E-state index is -3.25. The van der Waals surface area contributed by atoms with Crippen molar-refractivity contribution in [1.82, 2.24) is 4.72 Å². The van der Waals surface area contributed by atoms with Crippen molar-refractivity contribution in [2.75, 3.05) is 0 Å². The first kappa shape index (κ1) is 47.0. The van der Waals surface area contributed by atoms with Crippen molar-refractivity contribution in [3.8, 4) is 11.1 Å². The van der Waals surface area contributed by atoms with Gasteiger partial charge in [-0.25, -0.2) is 13.1 Å². The van der Waals surface area contributed by atoms with Crippen molar-refractivity contribution in [3.63, 3.8) is 0 Å². The molecule has 282 valence electrons. The summed E-state index contributed by atoms with van der Waals surface area (Å²) in [6, 6.07) is 19.9. The molecule has 0 bridgehead atoms. The van der Waals surface area contributed by atoms with Gasteiger partial charge in [0.25, 0.3) is 0 Å². The van der Waals surface area contributed by atoms with Gasteiger partial charge in [-0.2, -0.15) is 0 Å². The molecule has 1 heterocycles. The van der Waals surface area contributed by atoms with Gasteiger partial charge in [0.15, 0.2) is 0 Å². The van der Waals surface area contributed by atoms with E-state index in [1.54, 1.807) is 31.4 Å². The van der Waals surface area contributed by atoms with Gasteiger partial charge in [-0.05, 0) is 87.3 Å². The average Bonchev–Trinajstić information content (AvgIpc) is 3.78. The maximum Gasteiger partial charge on any atom is 0.308 e. The number of nitrogens with one attached hydrogen (secondary N) is 1. The van der Waals surface area contributed by atoms with Crippen molar-refractivity contribution in [2.24, 2.45) is 22.4 Å². The Labute approximate surface area is 309 Å². The van der Waals surface area contributed by atoms with E-state index in [2.05, 4.69) is 80.9 Å². The number of fused-ring (bicyclic) bond motifs is 3. The molecule has 1 aromatic heterocycles. The van der Waals surface area contributed by atoms with Crippen LogP contribution in [0.1, 0.15) is 128 Å². The van der Waals surface area contributed by atoms with Crippen LogP contribution in [0, 0.1) is 17.3 Å². The number of rotatable bonds is 7. The summed E-state index contributed by atoms with van der Waals surface area (Å²) < 4.78 is 30.9. The Morgan fingerprint density at radius 1 is 0.800 bits per heavy atom. The quantitative estimate of drug-likeness (QED) is 0.151. The second-order valence-corrected chi connectivity index (χ2v) is 17.3. The first-order valence-electron chi connectivity index (χ1n) is 17.1. The van der Waals surface area contributed by atoms with E-state index >= 15 is 0 Å². The number of thiophene rings is 1. The molecule has 2 aliphatic carbocycles.